The average molecular weight is 380 g/mol. The van der Waals surface area contributed by atoms with Gasteiger partial charge in [-0.2, -0.15) is 0 Å². The molecule has 0 unspecified atom stereocenters. The van der Waals surface area contributed by atoms with Crippen LogP contribution in [-0.2, 0) is 4.74 Å². The number of fused-ring (bicyclic) bond motifs is 1. The lowest BCUT2D eigenvalue weighted by Crippen LogP contribution is -2.41. The Bertz CT molecular complexity index is 1010. The Morgan fingerprint density at radius 3 is 2.14 bits per heavy atom. The summed E-state index contributed by atoms with van der Waals surface area (Å²) < 4.78 is 10.5. The molecule has 2 aromatic carbocycles. The molecule has 0 aliphatic rings. The summed E-state index contributed by atoms with van der Waals surface area (Å²) in [5.41, 5.74) is 7.85. The number of ether oxygens (including phenoxy) is 1. The number of aryl methyl sites for hydroxylation is 2. The fourth-order valence-corrected chi connectivity index (χ4v) is 2.72. The molecule has 3 rings (SSSR count). The summed E-state index contributed by atoms with van der Waals surface area (Å²) in [5, 5.41) is 0.853. The van der Waals surface area contributed by atoms with Gasteiger partial charge < -0.3 is 9.15 Å². The summed E-state index contributed by atoms with van der Waals surface area (Å²) in [6, 6.07) is 11.4. The molecule has 0 saturated heterocycles. The molecule has 7 heteroatoms. The number of hydrogen-bond donors (Lipinski definition) is 2. The molecule has 0 spiro atoms. The Labute approximate surface area is 161 Å². The number of rotatable bonds is 4. The van der Waals surface area contributed by atoms with Crippen LogP contribution in [0.4, 0.5) is 0 Å². The van der Waals surface area contributed by atoms with E-state index in [-0.39, 0.29) is 17.9 Å². The predicted octanol–water partition coefficient (Wildman–Crippen LogP) is 3.30. The SMILES string of the molecule is CCOC(=O)c1ccc(C(=O)NNC(=O)c2cc3c(C)ccc(C)c3o2)cc1. The maximum atomic E-state index is 12.3. The molecular formula is C21H20N2O5. The third kappa shape index (κ3) is 3.88. The maximum Gasteiger partial charge on any atom is 0.338 e. The molecule has 1 aromatic heterocycles. The standard InChI is InChI=1S/C21H20N2O5/c1-4-27-21(26)15-9-7-14(8-10-15)19(24)22-23-20(25)17-11-16-12(2)5-6-13(3)18(16)28-17/h5-11H,4H2,1-3H3,(H,22,24)(H,23,25). The van der Waals surface area contributed by atoms with Gasteiger partial charge in [-0.3, -0.25) is 20.4 Å². The molecule has 0 aliphatic carbocycles. The fourth-order valence-electron chi connectivity index (χ4n) is 2.72. The predicted molar refractivity (Wildman–Crippen MR) is 103 cm³/mol. The van der Waals surface area contributed by atoms with Crippen LogP contribution in [0.5, 0.6) is 0 Å². The van der Waals surface area contributed by atoms with E-state index < -0.39 is 17.8 Å². The molecule has 1 heterocycles. The highest BCUT2D eigenvalue weighted by molar-refractivity contribution is 6.00. The number of amides is 2. The Morgan fingerprint density at radius 1 is 0.893 bits per heavy atom. The zero-order valence-electron chi connectivity index (χ0n) is 15.8. The summed E-state index contributed by atoms with van der Waals surface area (Å²) in [5.74, 6) is -1.44. The van der Waals surface area contributed by atoms with E-state index in [2.05, 4.69) is 10.9 Å². The van der Waals surface area contributed by atoms with Crippen molar-refractivity contribution in [3.05, 3.63) is 70.5 Å². The number of nitrogens with one attached hydrogen (secondary N) is 2. The van der Waals surface area contributed by atoms with Crippen molar-refractivity contribution in [2.75, 3.05) is 6.61 Å². The molecule has 0 saturated carbocycles. The second-order valence-electron chi connectivity index (χ2n) is 6.26. The highest BCUT2D eigenvalue weighted by Crippen LogP contribution is 2.25. The van der Waals surface area contributed by atoms with E-state index in [4.69, 9.17) is 9.15 Å². The average Bonchev–Trinajstić information content (AvgIpc) is 3.16. The highest BCUT2D eigenvalue weighted by Gasteiger charge is 2.16. The monoisotopic (exact) mass is 380 g/mol. The first kappa shape index (κ1) is 19.2. The van der Waals surface area contributed by atoms with Crippen molar-refractivity contribution in [2.45, 2.75) is 20.8 Å². The van der Waals surface area contributed by atoms with Crippen LogP contribution in [0.3, 0.4) is 0 Å². The van der Waals surface area contributed by atoms with Gasteiger partial charge in [-0.1, -0.05) is 12.1 Å². The van der Waals surface area contributed by atoms with Gasteiger partial charge in [0.2, 0.25) is 0 Å². The molecule has 0 atom stereocenters. The second kappa shape index (κ2) is 7.96. The van der Waals surface area contributed by atoms with E-state index in [0.717, 1.165) is 16.5 Å². The van der Waals surface area contributed by atoms with E-state index in [1.54, 1.807) is 13.0 Å². The molecular weight excluding hydrogens is 360 g/mol. The van der Waals surface area contributed by atoms with Crippen LogP contribution in [0.2, 0.25) is 0 Å². The van der Waals surface area contributed by atoms with Gasteiger partial charge in [0, 0.05) is 10.9 Å². The quantitative estimate of drug-likeness (QED) is 0.535. The van der Waals surface area contributed by atoms with Crippen LogP contribution < -0.4 is 10.9 Å². The van der Waals surface area contributed by atoms with Gasteiger partial charge in [-0.15, -0.1) is 0 Å². The third-order valence-electron chi connectivity index (χ3n) is 4.27. The van der Waals surface area contributed by atoms with Crippen LogP contribution in [0.25, 0.3) is 11.0 Å². The Hall–Kier alpha value is -3.61. The van der Waals surface area contributed by atoms with Gasteiger partial charge in [0.25, 0.3) is 5.91 Å². The van der Waals surface area contributed by atoms with Crippen molar-refractivity contribution in [3.63, 3.8) is 0 Å². The summed E-state index contributed by atoms with van der Waals surface area (Å²) >= 11 is 0. The van der Waals surface area contributed by atoms with Gasteiger partial charge in [-0.05, 0) is 62.2 Å². The zero-order chi connectivity index (χ0) is 20.3. The lowest BCUT2D eigenvalue weighted by molar-refractivity contribution is 0.0526. The molecule has 3 aromatic rings. The first-order chi connectivity index (χ1) is 13.4. The molecule has 144 valence electrons. The Balaban J connectivity index is 1.66. The molecule has 0 radical (unpaired) electrons. The zero-order valence-corrected chi connectivity index (χ0v) is 15.8. The van der Waals surface area contributed by atoms with E-state index in [1.807, 2.05) is 26.0 Å². The van der Waals surface area contributed by atoms with Gasteiger partial charge in [0.15, 0.2) is 5.76 Å². The van der Waals surface area contributed by atoms with Crippen molar-refractivity contribution in [3.8, 4) is 0 Å². The summed E-state index contributed by atoms with van der Waals surface area (Å²) in [6.07, 6.45) is 0. The molecule has 2 N–H and O–H groups in total. The van der Waals surface area contributed by atoms with E-state index >= 15 is 0 Å². The first-order valence-electron chi connectivity index (χ1n) is 8.78. The molecule has 0 fully saturated rings. The maximum absolute atomic E-state index is 12.3. The van der Waals surface area contributed by atoms with Crippen molar-refractivity contribution < 1.29 is 23.5 Å². The molecule has 28 heavy (non-hydrogen) atoms. The van der Waals surface area contributed by atoms with Crippen LogP contribution in [0, 0.1) is 13.8 Å². The van der Waals surface area contributed by atoms with Crippen LogP contribution in [-0.4, -0.2) is 24.4 Å². The fraction of sp³-hybridized carbons (Fsp3) is 0.190. The lowest BCUT2D eigenvalue weighted by atomic mass is 10.1. The number of esters is 1. The van der Waals surface area contributed by atoms with Gasteiger partial charge in [0.1, 0.15) is 5.58 Å². The molecule has 0 bridgehead atoms. The number of hydrazine groups is 1. The van der Waals surface area contributed by atoms with Crippen molar-refractivity contribution >= 4 is 28.8 Å². The highest BCUT2D eigenvalue weighted by atomic mass is 16.5. The van der Waals surface area contributed by atoms with Crippen LogP contribution in [0.1, 0.15) is 49.3 Å². The number of carbonyl (C=O) groups excluding carboxylic acids is 3. The van der Waals surface area contributed by atoms with Gasteiger partial charge >= 0.3 is 11.9 Å². The van der Waals surface area contributed by atoms with Crippen LogP contribution >= 0.6 is 0 Å². The number of hydrogen-bond acceptors (Lipinski definition) is 5. The number of furan rings is 1. The largest absolute Gasteiger partial charge is 0.462 e. The van der Waals surface area contributed by atoms with E-state index in [0.29, 0.717) is 11.1 Å². The molecule has 0 aliphatic heterocycles. The van der Waals surface area contributed by atoms with Gasteiger partial charge in [-0.25, -0.2) is 4.79 Å². The van der Waals surface area contributed by atoms with E-state index in [9.17, 15) is 14.4 Å². The summed E-state index contributed by atoms with van der Waals surface area (Å²) in [4.78, 5) is 36.1. The normalized spacial score (nSPS) is 10.5. The number of carbonyl (C=O) groups is 3. The third-order valence-corrected chi connectivity index (χ3v) is 4.27. The molecule has 7 nitrogen and oxygen atoms in total. The first-order valence-corrected chi connectivity index (χ1v) is 8.78. The van der Waals surface area contributed by atoms with Crippen molar-refractivity contribution in [1.82, 2.24) is 10.9 Å². The smallest absolute Gasteiger partial charge is 0.338 e. The topological polar surface area (TPSA) is 97.6 Å². The summed E-state index contributed by atoms with van der Waals surface area (Å²) in [6.45, 7) is 5.82. The summed E-state index contributed by atoms with van der Waals surface area (Å²) in [7, 11) is 0. The van der Waals surface area contributed by atoms with Crippen molar-refractivity contribution in [1.29, 1.82) is 0 Å². The van der Waals surface area contributed by atoms with Crippen molar-refractivity contribution in [2.24, 2.45) is 0 Å². The Kier molecular flexibility index (Phi) is 5.44. The minimum Gasteiger partial charge on any atom is -0.462 e. The number of benzene rings is 2. The Morgan fingerprint density at radius 2 is 1.50 bits per heavy atom. The second-order valence-corrected chi connectivity index (χ2v) is 6.26. The van der Waals surface area contributed by atoms with E-state index in [1.165, 1.54) is 24.3 Å². The lowest BCUT2D eigenvalue weighted by Gasteiger charge is -2.07. The van der Waals surface area contributed by atoms with Crippen LogP contribution in [0.15, 0.2) is 46.9 Å². The van der Waals surface area contributed by atoms with Gasteiger partial charge in [0.05, 0.1) is 12.2 Å². The molecule has 2 amide bonds. The minimum atomic E-state index is -0.563. The minimum absolute atomic E-state index is 0.102.